The lowest BCUT2D eigenvalue weighted by molar-refractivity contribution is 0.0644. The Balaban J connectivity index is 1.37. The van der Waals surface area contributed by atoms with Crippen molar-refractivity contribution in [1.82, 2.24) is 20.0 Å². The minimum atomic E-state index is -0.127. The van der Waals surface area contributed by atoms with E-state index in [4.69, 9.17) is 13.9 Å². The number of rotatable bonds is 5. The molecular formula is C22H24N4O3. The molecule has 0 unspecified atom stereocenters. The molecule has 0 atom stereocenters. The Morgan fingerprint density at radius 2 is 1.97 bits per heavy atom. The number of pyridine rings is 1. The van der Waals surface area contributed by atoms with Crippen LogP contribution in [-0.2, 0) is 5.41 Å². The number of nitrogens with zero attached hydrogens (tertiary/aromatic N) is 4. The molecule has 0 aromatic carbocycles. The van der Waals surface area contributed by atoms with Crippen molar-refractivity contribution >= 4 is 5.91 Å². The minimum absolute atomic E-state index is 0.0434. The van der Waals surface area contributed by atoms with Gasteiger partial charge in [0.2, 0.25) is 0 Å². The summed E-state index contributed by atoms with van der Waals surface area (Å²) in [6.45, 7) is 3.21. The van der Waals surface area contributed by atoms with Crippen LogP contribution in [0.5, 0.6) is 0 Å². The Kier molecular flexibility index (Phi) is 4.45. The van der Waals surface area contributed by atoms with Crippen LogP contribution >= 0.6 is 0 Å². The van der Waals surface area contributed by atoms with Crippen molar-refractivity contribution in [3.05, 3.63) is 54.0 Å². The molecule has 2 fully saturated rings. The van der Waals surface area contributed by atoms with Gasteiger partial charge in [0.25, 0.3) is 11.8 Å². The number of likely N-dealkylation sites (tertiary alicyclic amines) is 1. The Morgan fingerprint density at radius 1 is 1.21 bits per heavy atom. The van der Waals surface area contributed by atoms with Gasteiger partial charge in [0, 0.05) is 36.5 Å². The van der Waals surface area contributed by atoms with Crippen LogP contribution in [0, 0.1) is 12.8 Å². The summed E-state index contributed by atoms with van der Waals surface area (Å²) in [5, 5.41) is 4.38. The molecule has 29 heavy (non-hydrogen) atoms. The zero-order valence-corrected chi connectivity index (χ0v) is 16.5. The van der Waals surface area contributed by atoms with Gasteiger partial charge in [-0.3, -0.25) is 9.78 Å². The van der Waals surface area contributed by atoms with E-state index >= 15 is 0 Å². The van der Waals surface area contributed by atoms with E-state index in [1.807, 2.05) is 24.0 Å². The fraction of sp³-hybridized carbons (Fsp3) is 0.455. The summed E-state index contributed by atoms with van der Waals surface area (Å²) in [6.07, 6.45) is 10.3. The molecule has 1 saturated carbocycles. The zero-order chi connectivity index (χ0) is 19.8. The topological polar surface area (TPSA) is 85.3 Å². The molecule has 0 N–H and O–H groups in total. The summed E-state index contributed by atoms with van der Waals surface area (Å²) in [4.78, 5) is 23.6. The highest BCUT2D eigenvalue weighted by Crippen LogP contribution is 2.47. The van der Waals surface area contributed by atoms with Crippen LogP contribution < -0.4 is 0 Å². The fourth-order valence-corrected chi connectivity index (χ4v) is 4.36. The molecule has 1 aliphatic carbocycles. The highest BCUT2D eigenvalue weighted by Gasteiger charge is 2.45. The van der Waals surface area contributed by atoms with E-state index in [9.17, 15) is 4.79 Å². The summed E-state index contributed by atoms with van der Waals surface area (Å²) in [7, 11) is 0. The average molecular weight is 392 g/mol. The molecule has 3 aromatic heterocycles. The van der Waals surface area contributed by atoms with Gasteiger partial charge >= 0.3 is 0 Å². The Bertz CT molecular complexity index is 998. The summed E-state index contributed by atoms with van der Waals surface area (Å²) in [6, 6.07) is 5.50. The summed E-state index contributed by atoms with van der Waals surface area (Å²) >= 11 is 0. The molecule has 5 rings (SSSR count). The van der Waals surface area contributed by atoms with Gasteiger partial charge in [0.05, 0.1) is 11.8 Å². The number of amides is 1. The first-order valence-corrected chi connectivity index (χ1v) is 10.2. The first-order chi connectivity index (χ1) is 14.1. The van der Waals surface area contributed by atoms with Crippen LogP contribution in [0.1, 0.15) is 54.0 Å². The fourth-order valence-electron chi connectivity index (χ4n) is 4.36. The van der Waals surface area contributed by atoms with Gasteiger partial charge < -0.3 is 13.8 Å². The summed E-state index contributed by atoms with van der Waals surface area (Å²) in [5.41, 5.74) is 1.40. The maximum absolute atomic E-state index is 12.9. The molecule has 1 aliphatic heterocycles. The molecule has 2 aliphatic rings. The second-order valence-corrected chi connectivity index (χ2v) is 8.27. The molecule has 3 aromatic rings. The third-order valence-electron chi connectivity index (χ3n) is 6.30. The predicted octanol–water partition coefficient (Wildman–Crippen LogP) is 4.01. The first-order valence-electron chi connectivity index (χ1n) is 10.2. The smallest absolute Gasteiger partial charge is 0.258 e. The largest absolute Gasteiger partial charge is 0.469 e. The number of furan rings is 1. The minimum Gasteiger partial charge on any atom is -0.469 e. The molecule has 150 valence electrons. The number of aromatic nitrogens is 3. The number of hydrogen-bond acceptors (Lipinski definition) is 6. The average Bonchev–Trinajstić information content (AvgIpc) is 3.24. The van der Waals surface area contributed by atoms with Crippen molar-refractivity contribution in [3.63, 3.8) is 0 Å². The second kappa shape index (κ2) is 7.13. The molecular weight excluding hydrogens is 368 g/mol. The number of piperidine rings is 1. The van der Waals surface area contributed by atoms with Crippen LogP contribution in [0.4, 0.5) is 0 Å². The van der Waals surface area contributed by atoms with Crippen LogP contribution in [-0.4, -0.2) is 39.0 Å². The van der Waals surface area contributed by atoms with E-state index in [-0.39, 0.29) is 11.3 Å². The Hall–Kier alpha value is -2.96. The molecule has 0 bridgehead atoms. The molecule has 1 saturated heterocycles. The lowest BCUT2D eigenvalue weighted by Gasteiger charge is -2.40. The van der Waals surface area contributed by atoms with Crippen LogP contribution in [0.15, 0.2) is 45.8 Å². The van der Waals surface area contributed by atoms with Gasteiger partial charge in [-0.25, -0.2) is 0 Å². The highest BCUT2D eigenvalue weighted by molar-refractivity contribution is 5.95. The van der Waals surface area contributed by atoms with E-state index in [2.05, 4.69) is 10.1 Å². The predicted molar refractivity (Wildman–Crippen MR) is 105 cm³/mol. The SMILES string of the molecule is Cc1occc1C(=O)N1CCC(CC2CC2)(c2noc(-c3ccncc3)n2)CC1. The van der Waals surface area contributed by atoms with Gasteiger partial charge in [-0.1, -0.05) is 18.0 Å². The van der Waals surface area contributed by atoms with E-state index in [0.717, 1.165) is 36.6 Å². The Labute approximate surface area is 169 Å². The van der Waals surface area contributed by atoms with Gasteiger partial charge in [0.15, 0.2) is 5.82 Å². The molecule has 1 amide bonds. The quantitative estimate of drug-likeness (QED) is 0.652. The Morgan fingerprint density at radius 3 is 2.62 bits per heavy atom. The van der Waals surface area contributed by atoms with Crippen molar-refractivity contribution in [2.75, 3.05) is 13.1 Å². The summed E-state index contributed by atoms with van der Waals surface area (Å²) in [5.74, 6) is 2.76. The van der Waals surface area contributed by atoms with Crippen molar-refractivity contribution in [3.8, 4) is 11.5 Å². The molecule has 0 radical (unpaired) electrons. The highest BCUT2D eigenvalue weighted by atomic mass is 16.5. The molecule has 7 nitrogen and oxygen atoms in total. The van der Waals surface area contributed by atoms with E-state index in [1.54, 1.807) is 24.7 Å². The number of aryl methyl sites for hydroxylation is 1. The summed E-state index contributed by atoms with van der Waals surface area (Å²) < 4.78 is 10.9. The van der Waals surface area contributed by atoms with Gasteiger partial charge in [-0.2, -0.15) is 4.98 Å². The maximum atomic E-state index is 12.9. The monoisotopic (exact) mass is 392 g/mol. The van der Waals surface area contributed by atoms with Crippen molar-refractivity contribution < 1.29 is 13.7 Å². The van der Waals surface area contributed by atoms with E-state index in [0.29, 0.717) is 30.3 Å². The number of carbonyl (C=O) groups is 1. The third-order valence-corrected chi connectivity index (χ3v) is 6.30. The van der Waals surface area contributed by atoms with Crippen LogP contribution in [0.25, 0.3) is 11.5 Å². The van der Waals surface area contributed by atoms with Gasteiger partial charge in [0.1, 0.15) is 5.76 Å². The van der Waals surface area contributed by atoms with Crippen LogP contribution in [0.2, 0.25) is 0 Å². The third kappa shape index (κ3) is 3.45. The zero-order valence-electron chi connectivity index (χ0n) is 16.5. The van der Waals surface area contributed by atoms with E-state index < -0.39 is 0 Å². The number of carbonyl (C=O) groups excluding carboxylic acids is 1. The van der Waals surface area contributed by atoms with Crippen molar-refractivity contribution in [1.29, 1.82) is 0 Å². The van der Waals surface area contributed by atoms with Crippen molar-refractivity contribution in [2.24, 2.45) is 5.92 Å². The standard InChI is InChI=1S/C22H24N4O3/c1-15-18(6-13-28-15)20(27)26-11-7-22(8-12-26,14-16-2-3-16)21-24-19(29-25-21)17-4-9-23-10-5-17/h4-6,9-10,13,16H,2-3,7-8,11-12,14H2,1H3. The molecule has 7 heteroatoms. The first kappa shape index (κ1) is 18.1. The maximum Gasteiger partial charge on any atom is 0.258 e. The van der Waals surface area contributed by atoms with Gasteiger partial charge in [-0.05, 0) is 50.3 Å². The molecule has 4 heterocycles. The van der Waals surface area contributed by atoms with Crippen LogP contribution in [0.3, 0.4) is 0 Å². The lowest BCUT2D eigenvalue weighted by atomic mass is 9.73. The van der Waals surface area contributed by atoms with Crippen molar-refractivity contribution in [2.45, 2.75) is 44.4 Å². The number of hydrogen-bond donors (Lipinski definition) is 0. The normalized spacial score (nSPS) is 18.7. The second-order valence-electron chi connectivity index (χ2n) is 8.27. The molecule has 0 spiro atoms. The lowest BCUT2D eigenvalue weighted by Crippen LogP contribution is -2.46. The van der Waals surface area contributed by atoms with Gasteiger partial charge in [-0.15, -0.1) is 0 Å². The van der Waals surface area contributed by atoms with E-state index in [1.165, 1.54) is 12.8 Å².